The molecule has 0 radical (unpaired) electrons. The first-order valence-corrected chi connectivity index (χ1v) is 5.76. The van der Waals surface area contributed by atoms with Gasteiger partial charge in [0, 0.05) is 29.7 Å². The van der Waals surface area contributed by atoms with Gasteiger partial charge in [0.25, 0.3) is 0 Å². The molecule has 3 heterocycles. The third-order valence-corrected chi connectivity index (χ3v) is 2.68. The molecule has 0 fully saturated rings. The molecule has 2 N–H and O–H groups in total. The van der Waals surface area contributed by atoms with Crippen molar-refractivity contribution in [2.24, 2.45) is 0 Å². The number of aromatic nitrogens is 5. The van der Waals surface area contributed by atoms with Gasteiger partial charge >= 0.3 is 5.97 Å². The van der Waals surface area contributed by atoms with Gasteiger partial charge in [-0.05, 0) is 24.3 Å². The van der Waals surface area contributed by atoms with Gasteiger partial charge in [0.05, 0.1) is 0 Å². The van der Waals surface area contributed by atoms with Crippen LogP contribution in [0.2, 0.25) is 0 Å². The summed E-state index contributed by atoms with van der Waals surface area (Å²) in [4.78, 5) is 22.9. The second kappa shape index (κ2) is 4.88. The maximum absolute atomic E-state index is 10.9. The highest BCUT2D eigenvalue weighted by Crippen LogP contribution is 2.19. The quantitative estimate of drug-likeness (QED) is 0.747. The summed E-state index contributed by atoms with van der Waals surface area (Å²) < 4.78 is 0. The predicted octanol–water partition coefficient (Wildman–Crippen LogP) is 1.63. The summed E-state index contributed by atoms with van der Waals surface area (Å²) in [6, 6.07) is 6.70. The van der Waals surface area contributed by atoms with E-state index in [1.165, 1.54) is 12.3 Å². The Labute approximate surface area is 113 Å². The van der Waals surface area contributed by atoms with Gasteiger partial charge in [0.15, 0.2) is 11.6 Å². The lowest BCUT2D eigenvalue weighted by molar-refractivity contribution is 0.0690. The van der Waals surface area contributed by atoms with Crippen LogP contribution in [0.25, 0.3) is 22.8 Å². The summed E-state index contributed by atoms with van der Waals surface area (Å²) in [6.07, 6.45) is 4.74. The van der Waals surface area contributed by atoms with Crippen LogP contribution in [0.1, 0.15) is 10.5 Å². The third-order valence-electron chi connectivity index (χ3n) is 2.68. The van der Waals surface area contributed by atoms with Gasteiger partial charge in [0.2, 0.25) is 0 Å². The third kappa shape index (κ3) is 2.24. The van der Waals surface area contributed by atoms with E-state index in [0.717, 1.165) is 5.56 Å². The van der Waals surface area contributed by atoms with E-state index in [9.17, 15) is 4.79 Å². The second-order valence-electron chi connectivity index (χ2n) is 3.98. The van der Waals surface area contributed by atoms with Crippen LogP contribution >= 0.6 is 0 Å². The molecule has 0 atom stereocenters. The van der Waals surface area contributed by atoms with Crippen LogP contribution in [0.5, 0.6) is 0 Å². The van der Waals surface area contributed by atoms with Crippen molar-refractivity contribution in [2.45, 2.75) is 0 Å². The van der Waals surface area contributed by atoms with Gasteiger partial charge in [-0.15, -0.1) is 0 Å². The average Bonchev–Trinajstić information content (AvgIpc) is 2.98. The van der Waals surface area contributed by atoms with Crippen molar-refractivity contribution in [1.29, 1.82) is 0 Å². The number of pyridine rings is 2. The topological polar surface area (TPSA) is 105 Å². The molecule has 0 bridgehead atoms. The van der Waals surface area contributed by atoms with E-state index in [4.69, 9.17) is 5.11 Å². The fourth-order valence-corrected chi connectivity index (χ4v) is 1.72. The van der Waals surface area contributed by atoms with Crippen molar-refractivity contribution >= 4 is 5.97 Å². The van der Waals surface area contributed by atoms with E-state index in [1.54, 1.807) is 30.6 Å². The standard InChI is InChI=1S/C13H9N5O2/c19-13(20)10-7-9(3-6-15-10)12-16-11(17-18-12)8-1-4-14-5-2-8/h1-7H,(H,19,20)(H,16,17,18). The molecule has 3 aromatic rings. The molecule has 7 heteroatoms. The number of aromatic amines is 1. The Morgan fingerprint density at radius 3 is 2.60 bits per heavy atom. The maximum atomic E-state index is 10.9. The SMILES string of the molecule is O=C(O)c1cc(-c2n[nH]c(-c3ccncc3)n2)ccn1. The first-order valence-electron chi connectivity index (χ1n) is 5.76. The Morgan fingerprint density at radius 1 is 1.10 bits per heavy atom. The normalized spacial score (nSPS) is 10.4. The van der Waals surface area contributed by atoms with Crippen molar-refractivity contribution in [3.8, 4) is 22.8 Å². The highest BCUT2D eigenvalue weighted by Gasteiger charge is 2.11. The molecule has 0 saturated carbocycles. The molecule has 0 spiro atoms. The van der Waals surface area contributed by atoms with Gasteiger partial charge in [-0.25, -0.2) is 14.8 Å². The fourth-order valence-electron chi connectivity index (χ4n) is 1.72. The molecule has 0 aliphatic heterocycles. The molecule has 20 heavy (non-hydrogen) atoms. The van der Waals surface area contributed by atoms with Crippen molar-refractivity contribution < 1.29 is 9.90 Å². The van der Waals surface area contributed by atoms with Gasteiger partial charge in [-0.1, -0.05) is 0 Å². The van der Waals surface area contributed by atoms with Crippen LogP contribution in [0.15, 0.2) is 42.9 Å². The van der Waals surface area contributed by atoms with Crippen LogP contribution < -0.4 is 0 Å². The molecule has 0 aromatic carbocycles. The predicted molar refractivity (Wildman–Crippen MR) is 69.8 cm³/mol. The first-order chi connectivity index (χ1) is 9.74. The van der Waals surface area contributed by atoms with Crippen LogP contribution in [0.4, 0.5) is 0 Å². The van der Waals surface area contributed by atoms with Crippen molar-refractivity contribution in [2.75, 3.05) is 0 Å². The smallest absolute Gasteiger partial charge is 0.354 e. The molecule has 3 rings (SSSR count). The monoisotopic (exact) mass is 267 g/mol. The highest BCUT2D eigenvalue weighted by molar-refractivity contribution is 5.86. The van der Waals surface area contributed by atoms with E-state index in [0.29, 0.717) is 17.2 Å². The minimum Gasteiger partial charge on any atom is -0.477 e. The number of carboxylic acids is 1. The zero-order valence-electron chi connectivity index (χ0n) is 10.2. The lowest BCUT2D eigenvalue weighted by atomic mass is 10.2. The number of aromatic carboxylic acids is 1. The molecule has 7 nitrogen and oxygen atoms in total. The minimum atomic E-state index is -1.09. The summed E-state index contributed by atoms with van der Waals surface area (Å²) in [6.45, 7) is 0. The van der Waals surface area contributed by atoms with Gasteiger partial charge in [0.1, 0.15) is 5.69 Å². The number of rotatable bonds is 3. The second-order valence-corrected chi connectivity index (χ2v) is 3.98. The van der Waals surface area contributed by atoms with Crippen LogP contribution in [-0.4, -0.2) is 36.2 Å². The van der Waals surface area contributed by atoms with E-state index >= 15 is 0 Å². The number of carboxylic acid groups (broad SMARTS) is 1. The largest absolute Gasteiger partial charge is 0.477 e. The van der Waals surface area contributed by atoms with Gasteiger partial charge in [-0.3, -0.25) is 10.1 Å². The van der Waals surface area contributed by atoms with Crippen molar-refractivity contribution in [3.05, 3.63) is 48.5 Å². The molecular formula is C13H9N5O2. The van der Waals surface area contributed by atoms with Crippen molar-refractivity contribution in [3.63, 3.8) is 0 Å². The molecule has 0 aliphatic rings. The Bertz CT molecular complexity index is 754. The van der Waals surface area contributed by atoms with E-state index < -0.39 is 5.97 Å². The molecule has 0 aliphatic carbocycles. The minimum absolute atomic E-state index is 0.0437. The maximum Gasteiger partial charge on any atom is 0.354 e. The van der Waals surface area contributed by atoms with Crippen LogP contribution in [0.3, 0.4) is 0 Å². The summed E-state index contributed by atoms with van der Waals surface area (Å²) in [7, 11) is 0. The molecule has 0 saturated heterocycles. The molecular weight excluding hydrogens is 258 g/mol. The number of H-pyrrole nitrogens is 1. The van der Waals surface area contributed by atoms with E-state index in [2.05, 4.69) is 25.1 Å². The molecule has 98 valence electrons. The number of nitrogens with one attached hydrogen (secondary N) is 1. The Balaban J connectivity index is 1.98. The Morgan fingerprint density at radius 2 is 1.85 bits per heavy atom. The molecule has 3 aromatic heterocycles. The molecule has 0 amide bonds. The fraction of sp³-hybridized carbons (Fsp3) is 0. The first kappa shape index (κ1) is 12.0. The zero-order chi connectivity index (χ0) is 13.9. The Kier molecular flexibility index (Phi) is 2.92. The number of carbonyl (C=O) groups is 1. The lowest BCUT2D eigenvalue weighted by Crippen LogP contribution is -1.99. The van der Waals surface area contributed by atoms with Gasteiger partial charge in [-0.2, -0.15) is 5.10 Å². The van der Waals surface area contributed by atoms with Crippen LogP contribution in [0, 0.1) is 0 Å². The summed E-state index contributed by atoms with van der Waals surface area (Å²) in [5.74, 6) is -0.0745. The number of hydrogen-bond donors (Lipinski definition) is 2. The number of nitrogens with zero attached hydrogens (tertiary/aromatic N) is 4. The Hall–Kier alpha value is -3.09. The summed E-state index contributed by atoms with van der Waals surface area (Å²) >= 11 is 0. The highest BCUT2D eigenvalue weighted by atomic mass is 16.4. The van der Waals surface area contributed by atoms with Crippen molar-refractivity contribution in [1.82, 2.24) is 25.1 Å². The average molecular weight is 267 g/mol. The van der Waals surface area contributed by atoms with Crippen LogP contribution in [-0.2, 0) is 0 Å². The van der Waals surface area contributed by atoms with E-state index in [1.807, 2.05) is 0 Å². The van der Waals surface area contributed by atoms with Gasteiger partial charge < -0.3 is 5.11 Å². The number of hydrogen-bond acceptors (Lipinski definition) is 5. The lowest BCUT2D eigenvalue weighted by Gasteiger charge is -1.96. The molecule has 0 unspecified atom stereocenters. The zero-order valence-corrected chi connectivity index (χ0v) is 10.2. The summed E-state index contributed by atoms with van der Waals surface area (Å²) in [5.41, 5.74) is 1.40. The van der Waals surface area contributed by atoms with E-state index in [-0.39, 0.29) is 5.69 Å². The summed E-state index contributed by atoms with van der Waals surface area (Å²) in [5, 5.41) is 15.8.